The third kappa shape index (κ3) is 3.28. The highest BCUT2D eigenvalue weighted by atomic mass is 79.9. The standard InChI is InChI=1S/C15H18BrNO/c1-3-8-17(10-12-4-5-12)13-6-7-14(11(2)18)15(16)9-13/h1,6-7,9,11-12,18H,4-5,8,10H2,2H3. The van der Waals surface area contributed by atoms with Gasteiger partial charge in [-0.3, -0.25) is 0 Å². The Bertz CT molecular complexity index is 460. The van der Waals surface area contributed by atoms with Crippen molar-refractivity contribution >= 4 is 21.6 Å². The fourth-order valence-corrected chi connectivity index (χ4v) is 2.73. The number of aliphatic hydroxyl groups excluding tert-OH is 1. The maximum Gasteiger partial charge on any atom is 0.0791 e. The number of anilines is 1. The van der Waals surface area contributed by atoms with Gasteiger partial charge in [0.05, 0.1) is 12.6 Å². The van der Waals surface area contributed by atoms with Crippen molar-refractivity contribution in [1.29, 1.82) is 0 Å². The number of hydrogen-bond donors (Lipinski definition) is 1. The molecule has 3 heteroatoms. The number of rotatable bonds is 5. The predicted molar refractivity (Wildman–Crippen MR) is 78.5 cm³/mol. The van der Waals surface area contributed by atoms with E-state index in [0.717, 1.165) is 28.2 Å². The van der Waals surface area contributed by atoms with Crippen LogP contribution in [0.4, 0.5) is 5.69 Å². The second kappa shape index (κ2) is 5.77. The van der Waals surface area contributed by atoms with Gasteiger partial charge in [0.2, 0.25) is 0 Å². The van der Waals surface area contributed by atoms with Crippen LogP contribution in [0, 0.1) is 18.3 Å². The van der Waals surface area contributed by atoms with Crippen molar-refractivity contribution < 1.29 is 5.11 Å². The average molecular weight is 308 g/mol. The minimum atomic E-state index is -0.460. The van der Waals surface area contributed by atoms with E-state index in [0.29, 0.717) is 6.54 Å². The number of aliphatic hydroxyl groups is 1. The lowest BCUT2D eigenvalue weighted by atomic mass is 10.1. The van der Waals surface area contributed by atoms with Crippen LogP contribution in [0.5, 0.6) is 0 Å². The Morgan fingerprint density at radius 2 is 2.28 bits per heavy atom. The van der Waals surface area contributed by atoms with Gasteiger partial charge in [-0.1, -0.05) is 27.9 Å². The highest BCUT2D eigenvalue weighted by Crippen LogP contribution is 2.33. The lowest BCUT2D eigenvalue weighted by Crippen LogP contribution is -2.26. The Balaban J connectivity index is 2.19. The molecule has 2 nitrogen and oxygen atoms in total. The monoisotopic (exact) mass is 307 g/mol. The zero-order chi connectivity index (χ0) is 13.1. The molecule has 1 unspecified atom stereocenters. The van der Waals surface area contributed by atoms with Gasteiger partial charge in [-0.2, -0.15) is 0 Å². The van der Waals surface area contributed by atoms with Crippen LogP contribution in [0.25, 0.3) is 0 Å². The van der Waals surface area contributed by atoms with Crippen LogP contribution in [-0.4, -0.2) is 18.2 Å². The summed E-state index contributed by atoms with van der Waals surface area (Å²) in [6.07, 6.45) is 7.60. The largest absolute Gasteiger partial charge is 0.389 e. The molecule has 96 valence electrons. The molecule has 1 saturated carbocycles. The summed E-state index contributed by atoms with van der Waals surface area (Å²) in [5.74, 6) is 3.52. The van der Waals surface area contributed by atoms with Gasteiger partial charge in [0.15, 0.2) is 0 Å². The first kappa shape index (κ1) is 13.5. The first-order valence-electron chi connectivity index (χ1n) is 6.27. The lowest BCUT2D eigenvalue weighted by Gasteiger charge is -2.23. The highest BCUT2D eigenvalue weighted by Gasteiger charge is 2.24. The van der Waals surface area contributed by atoms with Crippen molar-refractivity contribution in [2.45, 2.75) is 25.9 Å². The van der Waals surface area contributed by atoms with Crippen LogP contribution in [0.3, 0.4) is 0 Å². The molecular weight excluding hydrogens is 290 g/mol. The number of halogens is 1. The Morgan fingerprint density at radius 3 is 2.78 bits per heavy atom. The second-order valence-electron chi connectivity index (χ2n) is 4.91. The van der Waals surface area contributed by atoms with Gasteiger partial charge in [-0.05, 0) is 43.4 Å². The topological polar surface area (TPSA) is 23.5 Å². The van der Waals surface area contributed by atoms with Crippen LogP contribution in [0.2, 0.25) is 0 Å². The van der Waals surface area contributed by atoms with Crippen LogP contribution in [0.1, 0.15) is 31.4 Å². The first-order chi connectivity index (χ1) is 8.61. The molecule has 0 amide bonds. The molecule has 0 heterocycles. The van der Waals surface area contributed by atoms with Crippen LogP contribution in [0.15, 0.2) is 22.7 Å². The average Bonchev–Trinajstić information content (AvgIpc) is 3.11. The van der Waals surface area contributed by atoms with Gasteiger partial charge >= 0.3 is 0 Å². The van der Waals surface area contributed by atoms with E-state index < -0.39 is 6.10 Å². The van der Waals surface area contributed by atoms with E-state index in [4.69, 9.17) is 6.42 Å². The smallest absolute Gasteiger partial charge is 0.0791 e. The van der Waals surface area contributed by atoms with Crippen molar-refractivity contribution in [2.24, 2.45) is 5.92 Å². The van der Waals surface area contributed by atoms with Gasteiger partial charge in [0.25, 0.3) is 0 Å². The molecule has 0 bridgehead atoms. The van der Waals surface area contributed by atoms with E-state index in [1.165, 1.54) is 12.8 Å². The Morgan fingerprint density at radius 1 is 1.56 bits per heavy atom. The SMILES string of the molecule is C#CCN(CC1CC1)c1ccc(C(C)O)c(Br)c1. The summed E-state index contributed by atoms with van der Waals surface area (Å²) >= 11 is 3.51. The lowest BCUT2D eigenvalue weighted by molar-refractivity contribution is 0.198. The molecule has 1 fully saturated rings. The van der Waals surface area contributed by atoms with Gasteiger partial charge in [-0.15, -0.1) is 6.42 Å². The normalized spacial score (nSPS) is 16.1. The maximum atomic E-state index is 9.62. The van der Waals surface area contributed by atoms with Crippen LogP contribution < -0.4 is 4.90 Å². The van der Waals surface area contributed by atoms with Crippen LogP contribution >= 0.6 is 15.9 Å². The summed E-state index contributed by atoms with van der Waals surface area (Å²) in [5.41, 5.74) is 2.03. The molecule has 1 aliphatic rings. The number of hydrogen-bond acceptors (Lipinski definition) is 2. The van der Waals surface area contributed by atoms with Gasteiger partial charge < -0.3 is 10.0 Å². The second-order valence-corrected chi connectivity index (χ2v) is 5.76. The van der Waals surface area contributed by atoms with Crippen molar-refractivity contribution in [2.75, 3.05) is 18.0 Å². The van der Waals surface area contributed by atoms with Crippen molar-refractivity contribution in [3.63, 3.8) is 0 Å². The molecule has 1 N–H and O–H groups in total. The Hall–Kier alpha value is -0.980. The molecular formula is C15H18BrNO. The van der Waals surface area contributed by atoms with E-state index in [1.54, 1.807) is 6.92 Å². The molecule has 0 saturated heterocycles. The summed E-state index contributed by atoms with van der Waals surface area (Å²) in [4.78, 5) is 2.23. The molecule has 0 spiro atoms. The van der Waals surface area contributed by atoms with Crippen molar-refractivity contribution in [3.8, 4) is 12.3 Å². The molecule has 0 aromatic heterocycles. The summed E-state index contributed by atoms with van der Waals surface area (Å²) < 4.78 is 0.938. The van der Waals surface area contributed by atoms with Gasteiger partial charge in [0, 0.05) is 16.7 Å². The molecule has 0 aliphatic heterocycles. The quantitative estimate of drug-likeness (QED) is 0.843. The zero-order valence-corrected chi connectivity index (χ0v) is 12.2. The van der Waals surface area contributed by atoms with E-state index in [1.807, 2.05) is 18.2 Å². The molecule has 1 atom stereocenters. The minimum absolute atomic E-state index is 0.460. The number of nitrogens with zero attached hydrogens (tertiary/aromatic N) is 1. The van der Waals surface area contributed by atoms with Crippen molar-refractivity contribution in [1.82, 2.24) is 0 Å². The fraction of sp³-hybridized carbons (Fsp3) is 0.467. The third-order valence-electron chi connectivity index (χ3n) is 3.26. The fourth-order valence-electron chi connectivity index (χ4n) is 2.04. The van der Waals surface area contributed by atoms with E-state index in [-0.39, 0.29) is 0 Å². The number of benzene rings is 1. The van der Waals surface area contributed by atoms with Crippen molar-refractivity contribution in [3.05, 3.63) is 28.2 Å². The number of terminal acetylenes is 1. The molecule has 18 heavy (non-hydrogen) atoms. The molecule has 2 rings (SSSR count). The summed E-state index contributed by atoms with van der Waals surface area (Å²) in [6.45, 7) is 3.44. The molecule has 1 aliphatic carbocycles. The first-order valence-corrected chi connectivity index (χ1v) is 7.07. The molecule has 1 aromatic rings. The van der Waals surface area contributed by atoms with Gasteiger partial charge in [0.1, 0.15) is 0 Å². The minimum Gasteiger partial charge on any atom is -0.389 e. The third-order valence-corrected chi connectivity index (χ3v) is 3.94. The summed E-state index contributed by atoms with van der Waals surface area (Å²) in [7, 11) is 0. The van der Waals surface area contributed by atoms with E-state index >= 15 is 0 Å². The van der Waals surface area contributed by atoms with Gasteiger partial charge in [-0.25, -0.2) is 0 Å². The van der Waals surface area contributed by atoms with E-state index in [2.05, 4.69) is 26.8 Å². The molecule has 0 radical (unpaired) electrons. The zero-order valence-electron chi connectivity index (χ0n) is 10.6. The highest BCUT2D eigenvalue weighted by molar-refractivity contribution is 9.10. The summed E-state index contributed by atoms with van der Waals surface area (Å²) in [5, 5.41) is 9.62. The van der Waals surface area contributed by atoms with Crippen LogP contribution in [-0.2, 0) is 0 Å². The Labute approximate surface area is 117 Å². The molecule has 1 aromatic carbocycles. The van der Waals surface area contributed by atoms with E-state index in [9.17, 15) is 5.11 Å². The predicted octanol–water partition coefficient (Wildman–Crippen LogP) is 3.35. The Kier molecular flexibility index (Phi) is 4.31. The summed E-state index contributed by atoms with van der Waals surface area (Å²) in [6, 6.07) is 6.04. The maximum absolute atomic E-state index is 9.62.